The fraction of sp³-hybridized carbons (Fsp3) is 0.200. The Morgan fingerprint density at radius 2 is 1.89 bits per heavy atom. The minimum absolute atomic E-state index is 0.240. The molecule has 0 bridgehead atoms. The molecule has 0 radical (unpaired) electrons. The Bertz CT molecular complexity index is 595. The van der Waals surface area contributed by atoms with Gasteiger partial charge in [-0.15, -0.1) is 0 Å². The van der Waals surface area contributed by atoms with E-state index in [1.54, 1.807) is 0 Å². The summed E-state index contributed by atoms with van der Waals surface area (Å²) in [5, 5.41) is 3.03. The predicted molar refractivity (Wildman–Crippen MR) is 51.7 cm³/mol. The summed E-state index contributed by atoms with van der Waals surface area (Å²) >= 11 is 0. The minimum atomic E-state index is -4.81. The van der Waals surface area contributed by atoms with Crippen molar-refractivity contribution in [3.05, 3.63) is 47.1 Å². The second-order valence-electron chi connectivity index (χ2n) is 3.60. The molecular weight excluding hydrogens is 273 g/mol. The molecule has 0 fully saturated rings. The molecule has 1 atom stereocenters. The maximum atomic E-state index is 13.4. The zero-order chi connectivity index (χ0) is 14.2. The van der Waals surface area contributed by atoms with Crippen LogP contribution < -0.4 is 5.73 Å². The number of benzene rings is 1. The van der Waals surface area contributed by atoms with Crippen LogP contribution in [-0.4, -0.2) is 10.1 Å². The monoisotopic (exact) mass is 279 g/mol. The molecule has 9 heteroatoms. The third-order valence-electron chi connectivity index (χ3n) is 2.26. The highest BCUT2D eigenvalue weighted by atomic mass is 19.4. The first kappa shape index (κ1) is 13.4. The van der Waals surface area contributed by atoms with Crippen molar-refractivity contribution in [2.75, 3.05) is 0 Å². The lowest BCUT2D eigenvalue weighted by molar-refractivity contribution is -0.159. The summed E-state index contributed by atoms with van der Waals surface area (Å²) in [7, 11) is 0. The van der Waals surface area contributed by atoms with Crippen molar-refractivity contribution in [3.8, 4) is 0 Å². The van der Waals surface area contributed by atoms with Crippen LogP contribution in [0.4, 0.5) is 22.0 Å². The molecule has 0 aliphatic rings. The molecule has 0 amide bonds. The highest BCUT2D eigenvalue weighted by Gasteiger charge is 2.39. The molecule has 2 N–H and O–H groups in total. The van der Waals surface area contributed by atoms with Gasteiger partial charge in [0.2, 0.25) is 0 Å². The molecule has 1 unspecified atom stereocenters. The smallest absolute Gasteiger partial charge is 0.329 e. The van der Waals surface area contributed by atoms with Gasteiger partial charge in [-0.3, -0.25) is 0 Å². The van der Waals surface area contributed by atoms with Gasteiger partial charge >= 0.3 is 12.1 Å². The van der Waals surface area contributed by atoms with E-state index in [0.717, 1.165) is 12.1 Å². The molecule has 0 spiro atoms. The summed E-state index contributed by atoms with van der Waals surface area (Å²) in [4.78, 5) is 3.03. The SMILES string of the molecule is NC(c1noc(C(F)(F)F)n1)c1ccc(F)cc1F. The van der Waals surface area contributed by atoms with E-state index < -0.39 is 35.6 Å². The Balaban J connectivity index is 2.34. The maximum absolute atomic E-state index is 13.4. The van der Waals surface area contributed by atoms with Crippen molar-refractivity contribution < 1.29 is 26.5 Å². The van der Waals surface area contributed by atoms with Crippen LogP contribution in [0, 0.1) is 11.6 Å². The first-order valence-electron chi connectivity index (χ1n) is 4.90. The first-order valence-corrected chi connectivity index (χ1v) is 4.90. The third-order valence-corrected chi connectivity index (χ3v) is 2.26. The van der Waals surface area contributed by atoms with Gasteiger partial charge in [0.15, 0.2) is 5.82 Å². The highest BCUT2D eigenvalue weighted by Crippen LogP contribution is 2.29. The number of alkyl halides is 3. The summed E-state index contributed by atoms with van der Waals surface area (Å²) < 4.78 is 66.8. The number of aromatic nitrogens is 2. The first-order chi connectivity index (χ1) is 8.79. The van der Waals surface area contributed by atoms with Crippen LogP contribution in [-0.2, 0) is 6.18 Å². The van der Waals surface area contributed by atoms with Gasteiger partial charge in [0.25, 0.3) is 0 Å². The Morgan fingerprint density at radius 3 is 2.42 bits per heavy atom. The molecule has 102 valence electrons. The average molecular weight is 279 g/mol. The minimum Gasteiger partial charge on any atom is -0.329 e. The van der Waals surface area contributed by atoms with E-state index in [1.807, 2.05) is 0 Å². The van der Waals surface area contributed by atoms with Crippen molar-refractivity contribution in [1.82, 2.24) is 10.1 Å². The molecule has 2 aromatic rings. The topological polar surface area (TPSA) is 64.9 Å². The number of rotatable bonds is 2. The van der Waals surface area contributed by atoms with Gasteiger partial charge in [0.1, 0.15) is 11.6 Å². The van der Waals surface area contributed by atoms with E-state index in [2.05, 4.69) is 14.7 Å². The maximum Gasteiger partial charge on any atom is 0.471 e. The van der Waals surface area contributed by atoms with E-state index in [1.165, 1.54) is 0 Å². The molecule has 0 aliphatic heterocycles. The van der Waals surface area contributed by atoms with Gasteiger partial charge in [-0.05, 0) is 6.07 Å². The van der Waals surface area contributed by atoms with Crippen molar-refractivity contribution in [1.29, 1.82) is 0 Å². The van der Waals surface area contributed by atoms with E-state index in [9.17, 15) is 22.0 Å². The fourth-order valence-corrected chi connectivity index (χ4v) is 1.37. The molecular formula is C10H6F5N3O. The molecule has 0 saturated heterocycles. The average Bonchev–Trinajstić information content (AvgIpc) is 2.76. The number of nitrogens with two attached hydrogens (primary N) is 1. The molecule has 0 aliphatic carbocycles. The van der Waals surface area contributed by atoms with Crippen LogP contribution >= 0.6 is 0 Å². The van der Waals surface area contributed by atoms with E-state index in [0.29, 0.717) is 6.07 Å². The van der Waals surface area contributed by atoms with Gasteiger partial charge < -0.3 is 10.3 Å². The number of hydrogen-bond acceptors (Lipinski definition) is 4. The third kappa shape index (κ3) is 2.70. The van der Waals surface area contributed by atoms with Crippen LogP contribution in [0.25, 0.3) is 0 Å². The predicted octanol–water partition coefficient (Wildman–Crippen LogP) is 2.41. The Labute approximate surface area is 103 Å². The normalized spacial score (nSPS) is 13.6. The van der Waals surface area contributed by atoms with Gasteiger partial charge in [0, 0.05) is 11.6 Å². The zero-order valence-electron chi connectivity index (χ0n) is 9.08. The van der Waals surface area contributed by atoms with Crippen LogP contribution in [0.15, 0.2) is 22.7 Å². The van der Waals surface area contributed by atoms with Crippen molar-refractivity contribution in [2.24, 2.45) is 5.73 Å². The summed E-state index contributed by atoms with van der Waals surface area (Å²) in [6, 6.07) is 1.09. The Hall–Kier alpha value is -2.03. The summed E-state index contributed by atoms with van der Waals surface area (Å²) in [5.74, 6) is -3.97. The lowest BCUT2D eigenvalue weighted by Gasteiger charge is -2.08. The summed E-state index contributed by atoms with van der Waals surface area (Å²) in [5.41, 5.74) is 5.27. The van der Waals surface area contributed by atoms with Crippen molar-refractivity contribution >= 4 is 0 Å². The zero-order valence-corrected chi connectivity index (χ0v) is 9.08. The van der Waals surface area contributed by atoms with E-state index in [-0.39, 0.29) is 5.56 Å². The van der Waals surface area contributed by atoms with Crippen LogP contribution in [0.5, 0.6) is 0 Å². The Kier molecular flexibility index (Phi) is 3.23. The molecule has 1 heterocycles. The molecule has 2 rings (SSSR count). The molecule has 4 nitrogen and oxygen atoms in total. The second kappa shape index (κ2) is 4.57. The van der Waals surface area contributed by atoms with Crippen molar-refractivity contribution in [2.45, 2.75) is 12.2 Å². The standard InChI is InChI=1S/C10H6F5N3O/c11-4-1-2-5(6(12)3-4)7(16)8-17-9(19-18-8)10(13,14)15/h1-3,7H,16H2. The van der Waals surface area contributed by atoms with Gasteiger partial charge in [-0.25, -0.2) is 8.78 Å². The lowest BCUT2D eigenvalue weighted by Crippen LogP contribution is -2.16. The Morgan fingerprint density at radius 1 is 1.21 bits per heavy atom. The molecule has 0 saturated carbocycles. The lowest BCUT2D eigenvalue weighted by atomic mass is 10.1. The second-order valence-corrected chi connectivity index (χ2v) is 3.60. The van der Waals surface area contributed by atoms with Crippen LogP contribution in [0.2, 0.25) is 0 Å². The van der Waals surface area contributed by atoms with Crippen LogP contribution in [0.3, 0.4) is 0 Å². The number of nitrogens with zero attached hydrogens (tertiary/aromatic N) is 2. The fourth-order valence-electron chi connectivity index (χ4n) is 1.37. The van der Waals surface area contributed by atoms with Gasteiger partial charge in [0.05, 0.1) is 6.04 Å². The number of halogens is 5. The summed E-state index contributed by atoms with van der Waals surface area (Å²) in [6.07, 6.45) is -4.81. The highest BCUT2D eigenvalue weighted by molar-refractivity contribution is 5.26. The number of hydrogen-bond donors (Lipinski definition) is 1. The van der Waals surface area contributed by atoms with E-state index in [4.69, 9.17) is 5.73 Å². The summed E-state index contributed by atoms with van der Waals surface area (Å²) in [6.45, 7) is 0. The molecule has 19 heavy (non-hydrogen) atoms. The largest absolute Gasteiger partial charge is 0.471 e. The quantitative estimate of drug-likeness (QED) is 0.857. The van der Waals surface area contributed by atoms with Gasteiger partial charge in [-0.1, -0.05) is 11.2 Å². The van der Waals surface area contributed by atoms with Crippen molar-refractivity contribution in [3.63, 3.8) is 0 Å². The molecule has 1 aromatic heterocycles. The van der Waals surface area contributed by atoms with Crippen LogP contribution in [0.1, 0.15) is 23.3 Å². The van der Waals surface area contributed by atoms with Gasteiger partial charge in [-0.2, -0.15) is 18.2 Å². The van der Waals surface area contributed by atoms with E-state index >= 15 is 0 Å². The molecule has 1 aromatic carbocycles.